The van der Waals surface area contributed by atoms with Crippen LogP contribution in [-0.4, -0.2) is 28.0 Å². The molecule has 0 atom stereocenters. The van der Waals surface area contributed by atoms with Gasteiger partial charge in [0.1, 0.15) is 16.8 Å². The number of rotatable bonds is 3. The van der Waals surface area contributed by atoms with Gasteiger partial charge in [-0.3, -0.25) is 0 Å². The molecule has 3 aromatic rings. The molecule has 0 bridgehead atoms. The maximum atomic E-state index is 13.0. The van der Waals surface area contributed by atoms with E-state index in [1.165, 1.54) is 7.11 Å². The third kappa shape index (κ3) is 2.63. The molecule has 1 heterocycles. The van der Waals surface area contributed by atoms with Gasteiger partial charge in [-0.2, -0.15) is 13.9 Å². The van der Waals surface area contributed by atoms with Crippen molar-refractivity contribution in [2.45, 2.75) is 20.4 Å². The van der Waals surface area contributed by atoms with Crippen LogP contribution in [-0.2, 0) is 4.74 Å². The number of ether oxygens (including phenoxy) is 1. The Morgan fingerprint density at radius 1 is 1.35 bits per heavy atom. The first kappa shape index (κ1) is 17.7. The van der Waals surface area contributed by atoms with E-state index in [0.29, 0.717) is 26.8 Å². The zero-order valence-corrected chi connectivity index (χ0v) is 14.4. The van der Waals surface area contributed by atoms with Crippen molar-refractivity contribution in [3.05, 3.63) is 41.1 Å². The number of methoxy groups -OCH3 is 1. The predicted octanol–water partition coefficient (Wildman–Crippen LogP) is 3.79. The number of hydrogen-bond donors (Lipinski definition) is 2. The first-order chi connectivity index (χ1) is 12.3. The van der Waals surface area contributed by atoms with Crippen LogP contribution in [0.3, 0.4) is 0 Å². The number of carbonyl (C=O) groups is 1. The molecule has 136 valence electrons. The van der Waals surface area contributed by atoms with Gasteiger partial charge in [-0.15, -0.1) is 0 Å². The first-order valence-corrected chi connectivity index (χ1v) is 7.73. The van der Waals surface area contributed by atoms with Crippen LogP contribution in [0, 0.1) is 13.8 Å². The number of halogens is 2. The highest BCUT2D eigenvalue weighted by atomic mass is 19.3. The minimum Gasteiger partial charge on any atom is -0.508 e. The summed E-state index contributed by atoms with van der Waals surface area (Å²) in [7, 11) is 1.18. The second kappa shape index (κ2) is 6.29. The number of nitrogen functional groups attached to an aromatic ring is 1. The second-order valence-corrected chi connectivity index (χ2v) is 5.93. The summed E-state index contributed by atoms with van der Waals surface area (Å²) in [5.41, 5.74) is 8.66. The van der Waals surface area contributed by atoms with Crippen LogP contribution in [0.25, 0.3) is 22.0 Å². The average molecular weight is 361 g/mol. The molecule has 2 aromatic carbocycles. The van der Waals surface area contributed by atoms with Crippen molar-refractivity contribution in [2.75, 3.05) is 12.8 Å². The molecule has 0 aliphatic carbocycles. The largest absolute Gasteiger partial charge is 0.508 e. The van der Waals surface area contributed by atoms with Gasteiger partial charge in [0.05, 0.1) is 12.8 Å². The van der Waals surface area contributed by atoms with Gasteiger partial charge in [0.15, 0.2) is 0 Å². The summed E-state index contributed by atoms with van der Waals surface area (Å²) in [5.74, 6) is -0.711. The number of phenols is 1. The van der Waals surface area contributed by atoms with Crippen LogP contribution in [0.1, 0.15) is 28.0 Å². The van der Waals surface area contributed by atoms with Gasteiger partial charge in [0, 0.05) is 17.1 Å². The van der Waals surface area contributed by atoms with Crippen molar-refractivity contribution in [3.63, 3.8) is 0 Å². The van der Waals surface area contributed by atoms with Crippen LogP contribution >= 0.6 is 0 Å². The van der Waals surface area contributed by atoms with E-state index in [-0.39, 0.29) is 22.5 Å². The summed E-state index contributed by atoms with van der Waals surface area (Å²) in [6, 6.07) is 4.85. The third-order valence-electron chi connectivity index (χ3n) is 4.36. The molecule has 6 nitrogen and oxygen atoms in total. The number of aromatic hydroxyl groups is 1. The molecular formula is C18H17F2N3O3. The smallest absolute Gasteiger partial charge is 0.342 e. The Hall–Kier alpha value is -3.16. The third-order valence-corrected chi connectivity index (χ3v) is 4.36. The van der Waals surface area contributed by atoms with E-state index in [1.807, 2.05) is 6.92 Å². The Bertz CT molecular complexity index is 1030. The van der Waals surface area contributed by atoms with E-state index >= 15 is 0 Å². The van der Waals surface area contributed by atoms with Crippen LogP contribution < -0.4 is 5.73 Å². The van der Waals surface area contributed by atoms with Crippen molar-refractivity contribution < 1.29 is 23.4 Å². The number of aryl methyl sites for hydroxylation is 1. The molecule has 0 aliphatic rings. The fourth-order valence-electron chi connectivity index (χ4n) is 3.07. The van der Waals surface area contributed by atoms with Gasteiger partial charge < -0.3 is 15.6 Å². The summed E-state index contributed by atoms with van der Waals surface area (Å²) >= 11 is 0. The quantitative estimate of drug-likeness (QED) is 0.547. The maximum absolute atomic E-state index is 13.0. The maximum Gasteiger partial charge on any atom is 0.342 e. The number of anilines is 1. The molecule has 0 spiro atoms. The molecule has 0 fully saturated rings. The number of esters is 1. The summed E-state index contributed by atoms with van der Waals surface area (Å²) in [5, 5.41) is 14.1. The Morgan fingerprint density at radius 3 is 2.65 bits per heavy atom. The summed E-state index contributed by atoms with van der Waals surface area (Å²) < 4.78 is 31.3. The highest BCUT2D eigenvalue weighted by molar-refractivity contribution is 6.11. The minimum absolute atomic E-state index is 0.0360. The molecule has 0 saturated carbocycles. The van der Waals surface area contributed by atoms with Gasteiger partial charge in [-0.1, -0.05) is 6.07 Å². The van der Waals surface area contributed by atoms with E-state index in [1.54, 1.807) is 25.1 Å². The molecule has 26 heavy (non-hydrogen) atoms. The van der Waals surface area contributed by atoms with E-state index < -0.39 is 12.5 Å². The Morgan fingerprint density at radius 2 is 2.04 bits per heavy atom. The molecule has 3 N–H and O–H groups in total. The van der Waals surface area contributed by atoms with E-state index in [0.717, 1.165) is 11.8 Å². The van der Waals surface area contributed by atoms with Gasteiger partial charge in [0.2, 0.25) is 0 Å². The van der Waals surface area contributed by atoms with E-state index in [4.69, 9.17) is 10.5 Å². The summed E-state index contributed by atoms with van der Waals surface area (Å²) in [6.07, 6.45) is 1.14. The lowest BCUT2D eigenvalue weighted by Gasteiger charge is -2.16. The molecule has 0 amide bonds. The minimum atomic E-state index is -2.86. The Labute approximate surface area is 147 Å². The average Bonchev–Trinajstić information content (AvgIpc) is 3.02. The highest BCUT2D eigenvalue weighted by Crippen LogP contribution is 2.40. The zero-order valence-electron chi connectivity index (χ0n) is 14.4. The van der Waals surface area contributed by atoms with Crippen LogP contribution in [0.15, 0.2) is 24.4 Å². The number of aromatic nitrogens is 2. The zero-order chi connectivity index (χ0) is 19.2. The number of nitrogens with two attached hydrogens (primary N) is 1. The lowest BCUT2D eigenvalue weighted by Crippen LogP contribution is -2.09. The summed E-state index contributed by atoms with van der Waals surface area (Å²) in [4.78, 5) is 12.3. The molecular weight excluding hydrogens is 344 g/mol. The topological polar surface area (TPSA) is 90.4 Å². The van der Waals surface area contributed by atoms with Gasteiger partial charge >= 0.3 is 12.5 Å². The number of nitrogens with zero attached hydrogens (tertiary/aromatic N) is 2. The lowest BCUT2D eigenvalue weighted by atomic mass is 9.91. The Kier molecular flexibility index (Phi) is 4.27. The molecule has 3 rings (SSSR count). The number of alkyl halides is 2. The van der Waals surface area contributed by atoms with Gasteiger partial charge in [0.25, 0.3) is 0 Å². The van der Waals surface area contributed by atoms with Crippen molar-refractivity contribution in [1.82, 2.24) is 9.78 Å². The van der Waals surface area contributed by atoms with Crippen molar-refractivity contribution in [1.29, 1.82) is 0 Å². The number of phenolic OH excluding ortho intramolecular Hbond substituents is 1. The SMILES string of the molecule is COC(=O)c1c(N)c(-c2c(C)ccc(O)c2C)cc2cn(C(F)F)nc12. The molecule has 8 heteroatoms. The Balaban J connectivity index is 2.43. The van der Waals surface area contributed by atoms with Crippen molar-refractivity contribution in [2.24, 2.45) is 0 Å². The second-order valence-electron chi connectivity index (χ2n) is 5.93. The fraction of sp³-hybridized carbons (Fsp3) is 0.222. The van der Waals surface area contributed by atoms with Crippen molar-refractivity contribution >= 4 is 22.6 Å². The molecule has 0 aliphatic heterocycles. The standard InChI is InChI=1S/C18H17F2N3O3/c1-8-4-5-12(24)9(2)13(8)11-6-10-7-23(18(19)20)22-16(10)14(15(11)21)17(25)26-3/h4-7,18,24H,21H2,1-3H3. The first-order valence-electron chi connectivity index (χ1n) is 7.73. The van der Waals surface area contributed by atoms with Gasteiger partial charge in [-0.05, 0) is 42.7 Å². The molecule has 0 radical (unpaired) electrons. The lowest BCUT2D eigenvalue weighted by molar-refractivity contribution is 0.0564. The molecule has 0 saturated heterocycles. The monoisotopic (exact) mass is 361 g/mol. The number of hydrogen-bond acceptors (Lipinski definition) is 5. The number of carbonyl (C=O) groups excluding carboxylic acids is 1. The van der Waals surface area contributed by atoms with E-state index in [9.17, 15) is 18.7 Å². The normalized spacial score (nSPS) is 11.3. The molecule has 1 aromatic heterocycles. The predicted molar refractivity (Wildman–Crippen MR) is 93.3 cm³/mol. The summed E-state index contributed by atoms with van der Waals surface area (Å²) in [6.45, 7) is 0.676. The van der Waals surface area contributed by atoms with Crippen molar-refractivity contribution in [3.8, 4) is 16.9 Å². The highest BCUT2D eigenvalue weighted by Gasteiger charge is 2.24. The molecule has 0 unspecified atom stereocenters. The number of fused-ring (bicyclic) bond motifs is 1. The van der Waals surface area contributed by atoms with Crippen LogP contribution in [0.2, 0.25) is 0 Å². The fourth-order valence-corrected chi connectivity index (χ4v) is 3.07. The van der Waals surface area contributed by atoms with Crippen LogP contribution in [0.4, 0.5) is 14.5 Å². The van der Waals surface area contributed by atoms with Crippen LogP contribution in [0.5, 0.6) is 5.75 Å². The number of benzene rings is 2. The van der Waals surface area contributed by atoms with Gasteiger partial charge in [-0.25, -0.2) is 9.48 Å². The van der Waals surface area contributed by atoms with E-state index in [2.05, 4.69) is 5.10 Å².